The van der Waals surface area contributed by atoms with Crippen molar-refractivity contribution in [3.63, 3.8) is 0 Å². The summed E-state index contributed by atoms with van der Waals surface area (Å²) >= 11 is 0. The minimum atomic E-state index is -0.831. The van der Waals surface area contributed by atoms with E-state index in [4.69, 9.17) is 9.47 Å². The Morgan fingerprint density at radius 1 is 1.09 bits per heavy atom. The number of allylic oxidation sites excluding steroid dienone is 8. The van der Waals surface area contributed by atoms with Gasteiger partial charge in [0.25, 0.3) is 0 Å². The Hall–Kier alpha value is -3.05. The van der Waals surface area contributed by atoms with E-state index in [0.717, 1.165) is 18.1 Å². The lowest BCUT2D eigenvalue weighted by molar-refractivity contribution is 0.0964. The van der Waals surface area contributed by atoms with Gasteiger partial charge in [-0.1, -0.05) is 62.2 Å². The molecule has 0 heterocycles. The van der Waals surface area contributed by atoms with Gasteiger partial charge in [0.1, 0.15) is 11.6 Å². The molecule has 0 saturated heterocycles. The zero-order valence-electron chi connectivity index (χ0n) is 19.4. The molecule has 5 heteroatoms. The van der Waals surface area contributed by atoms with E-state index in [-0.39, 0.29) is 29.4 Å². The van der Waals surface area contributed by atoms with Gasteiger partial charge in [-0.15, -0.1) is 0 Å². The maximum absolute atomic E-state index is 14.7. The zero-order chi connectivity index (χ0) is 24.5. The molecule has 2 nitrogen and oxygen atoms in total. The Bertz CT molecular complexity index is 1030. The summed E-state index contributed by atoms with van der Waals surface area (Å²) in [6, 6.07) is 3.26. The highest BCUT2D eigenvalue weighted by atomic mass is 19.2. The summed E-state index contributed by atoms with van der Waals surface area (Å²) in [5, 5.41) is 0. The first-order chi connectivity index (χ1) is 15.7. The van der Waals surface area contributed by atoms with Crippen molar-refractivity contribution in [2.45, 2.75) is 38.2 Å². The van der Waals surface area contributed by atoms with Crippen LogP contribution in [-0.2, 0) is 15.9 Å². The third-order valence-electron chi connectivity index (χ3n) is 5.67. The third-order valence-corrected chi connectivity index (χ3v) is 5.67. The van der Waals surface area contributed by atoms with Crippen LogP contribution in [0.3, 0.4) is 0 Å². The van der Waals surface area contributed by atoms with Crippen LogP contribution in [0.15, 0.2) is 91.1 Å². The predicted molar refractivity (Wildman–Crippen MR) is 129 cm³/mol. The van der Waals surface area contributed by atoms with Crippen molar-refractivity contribution in [2.75, 3.05) is 14.2 Å². The maximum atomic E-state index is 14.7. The van der Waals surface area contributed by atoms with Gasteiger partial charge >= 0.3 is 0 Å². The first-order valence-corrected chi connectivity index (χ1v) is 10.7. The standard InChI is InChI=1S/C28H31F3O2/c1-18(7-9-19(2)21(4)26(29)17-20(3)32-5)8-10-23-13-16-25(28(31)27(23)30)22-11-14-24(33-6)15-12-22/h7,9,11,13,16-17,24H,1-4,8,10,12,14-15H2,5-6H3/b9-7-,26-17+. The topological polar surface area (TPSA) is 18.5 Å². The van der Waals surface area contributed by atoms with Crippen LogP contribution >= 0.6 is 0 Å². The second kappa shape index (κ2) is 12.3. The van der Waals surface area contributed by atoms with E-state index in [2.05, 4.69) is 26.3 Å². The van der Waals surface area contributed by atoms with Crippen LogP contribution in [0.4, 0.5) is 13.2 Å². The van der Waals surface area contributed by atoms with Crippen LogP contribution in [0, 0.1) is 11.6 Å². The average molecular weight is 457 g/mol. The fourth-order valence-electron chi connectivity index (χ4n) is 3.44. The molecule has 1 aliphatic carbocycles. The van der Waals surface area contributed by atoms with Crippen molar-refractivity contribution < 1.29 is 22.6 Å². The van der Waals surface area contributed by atoms with Gasteiger partial charge in [0.05, 0.1) is 13.2 Å². The summed E-state index contributed by atoms with van der Waals surface area (Å²) in [4.78, 5) is 0. The van der Waals surface area contributed by atoms with Gasteiger partial charge in [-0.05, 0) is 48.8 Å². The molecule has 1 aromatic carbocycles. The molecule has 1 aromatic rings. The molecule has 0 saturated carbocycles. The minimum absolute atomic E-state index is 0.0924. The predicted octanol–water partition coefficient (Wildman–Crippen LogP) is 7.72. The number of rotatable bonds is 11. The van der Waals surface area contributed by atoms with Gasteiger partial charge in [-0.25, -0.2) is 13.2 Å². The molecule has 1 aliphatic rings. The molecule has 0 N–H and O–H groups in total. The second-order valence-corrected chi connectivity index (χ2v) is 7.92. The number of methoxy groups -OCH3 is 2. The quantitative estimate of drug-likeness (QED) is 0.251. The molecule has 0 aromatic heterocycles. The largest absolute Gasteiger partial charge is 0.497 e. The number of hydrogen-bond acceptors (Lipinski definition) is 2. The van der Waals surface area contributed by atoms with Crippen LogP contribution < -0.4 is 0 Å². The van der Waals surface area contributed by atoms with E-state index in [1.54, 1.807) is 31.4 Å². The molecule has 2 rings (SSSR count). The molecule has 0 spiro atoms. The molecular weight excluding hydrogens is 425 g/mol. The summed E-state index contributed by atoms with van der Waals surface area (Å²) in [6.07, 6.45) is 9.24. The molecule has 33 heavy (non-hydrogen) atoms. The summed E-state index contributed by atoms with van der Waals surface area (Å²) in [7, 11) is 3.05. The van der Waals surface area contributed by atoms with Gasteiger partial charge in [0.2, 0.25) is 0 Å². The van der Waals surface area contributed by atoms with E-state index >= 15 is 0 Å². The Morgan fingerprint density at radius 2 is 1.82 bits per heavy atom. The normalized spacial score (nSPS) is 16.5. The summed E-state index contributed by atoms with van der Waals surface area (Å²) in [5.74, 6) is -2.09. The van der Waals surface area contributed by atoms with Gasteiger partial charge < -0.3 is 9.47 Å². The smallest absolute Gasteiger partial charge is 0.166 e. The van der Waals surface area contributed by atoms with Crippen LogP contribution in [0.5, 0.6) is 0 Å². The van der Waals surface area contributed by atoms with Crippen molar-refractivity contribution in [3.05, 3.63) is 114 Å². The zero-order valence-corrected chi connectivity index (χ0v) is 19.4. The monoisotopic (exact) mass is 456 g/mol. The number of ether oxygens (including phenoxy) is 2. The van der Waals surface area contributed by atoms with E-state index in [1.165, 1.54) is 7.11 Å². The third kappa shape index (κ3) is 7.22. The van der Waals surface area contributed by atoms with Gasteiger partial charge in [0.15, 0.2) is 11.6 Å². The lowest BCUT2D eigenvalue weighted by atomic mass is 9.90. The highest BCUT2D eigenvalue weighted by molar-refractivity contribution is 5.67. The Labute approximate surface area is 194 Å². The fraction of sp³-hybridized carbons (Fsp3) is 0.286. The van der Waals surface area contributed by atoms with Crippen LogP contribution in [0.25, 0.3) is 5.57 Å². The molecule has 176 valence electrons. The van der Waals surface area contributed by atoms with Crippen LogP contribution in [0.2, 0.25) is 0 Å². The Balaban J connectivity index is 1.98. The Kier molecular flexibility index (Phi) is 9.74. The van der Waals surface area contributed by atoms with E-state index in [0.29, 0.717) is 36.0 Å². The minimum Gasteiger partial charge on any atom is -0.497 e. The summed E-state index contributed by atoms with van der Waals surface area (Å²) in [6.45, 7) is 14.9. The molecule has 0 bridgehead atoms. The van der Waals surface area contributed by atoms with Crippen molar-refractivity contribution in [2.24, 2.45) is 0 Å². The van der Waals surface area contributed by atoms with Crippen molar-refractivity contribution in [1.29, 1.82) is 0 Å². The van der Waals surface area contributed by atoms with Gasteiger partial charge in [-0.3, -0.25) is 0 Å². The first-order valence-electron chi connectivity index (χ1n) is 10.7. The molecular formula is C28H31F3O2. The summed E-state index contributed by atoms with van der Waals surface area (Å²) in [5.41, 5.74) is 2.52. The van der Waals surface area contributed by atoms with Crippen LogP contribution in [-0.4, -0.2) is 20.3 Å². The molecule has 0 aliphatic heterocycles. The number of halogens is 3. The van der Waals surface area contributed by atoms with E-state index in [1.807, 2.05) is 6.08 Å². The van der Waals surface area contributed by atoms with E-state index < -0.39 is 17.5 Å². The second-order valence-electron chi connectivity index (χ2n) is 7.92. The first kappa shape index (κ1) is 26.2. The maximum Gasteiger partial charge on any atom is 0.166 e. The van der Waals surface area contributed by atoms with Gasteiger partial charge in [-0.2, -0.15) is 0 Å². The summed E-state index contributed by atoms with van der Waals surface area (Å²) < 4.78 is 53.6. The number of hydrogen-bond donors (Lipinski definition) is 0. The van der Waals surface area contributed by atoms with E-state index in [9.17, 15) is 13.2 Å². The lowest BCUT2D eigenvalue weighted by Crippen LogP contribution is -2.14. The molecule has 1 unspecified atom stereocenters. The lowest BCUT2D eigenvalue weighted by Gasteiger charge is -2.21. The molecule has 0 fully saturated rings. The van der Waals surface area contributed by atoms with Gasteiger partial charge in [0, 0.05) is 24.3 Å². The highest BCUT2D eigenvalue weighted by Gasteiger charge is 2.20. The molecule has 0 amide bonds. The number of benzene rings is 1. The molecule has 1 atom stereocenters. The van der Waals surface area contributed by atoms with Crippen molar-refractivity contribution >= 4 is 5.57 Å². The van der Waals surface area contributed by atoms with Crippen molar-refractivity contribution in [3.8, 4) is 0 Å². The highest BCUT2D eigenvalue weighted by Crippen LogP contribution is 2.32. The van der Waals surface area contributed by atoms with Crippen molar-refractivity contribution in [1.82, 2.24) is 0 Å². The average Bonchev–Trinajstić information content (AvgIpc) is 2.82. The number of aryl methyl sites for hydroxylation is 1. The molecule has 0 radical (unpaired) electrons. The Morgan fingerprint density at radius 3 is 2.42 bits per heavy atom. The SMILES string of the molecule is C=C(/C=C\C(=C)C(=C)/C(F)=C\C(=C)OC)CCc1ccc(C2=CCC(OC)CC2)c(F)c1F. The fourth-order valence-corrected chi connectivity index (χ4v) is 3.44. The van der Waals surface area contributed by atoms with Crippen LogP contribution in [0.1, 0.15) is 36.8 Å².